The van der Waals surface area contributed by atoms with Gasteiger partial charge in [0.1, 0.15) is 5.60 Å². The van der Waals surface area contributed by atoms with Crippen LogP contribution in [-0.2, 0) is 4.74 Å². The standard InChI is InChI=1S/C15H32N2O2/c1-7-13(3)12-16-10-9-11-17(8-2)14(18)19-15(4,5)6/h13,16H,7-12H2,1-6H3. The lowest BCUT2D eigenvalue weighted by molar-refractivity contribution is 0.0258. The largest absolute Gasteiger partial charge is 0.444 e. The third kappa shape index (κ3) is 9.77. The van der Waals surface area contributed by atoms with Gasteiger partial charge < -0.3 is 15.0 Å². The minimum absolute atomic E-state index is 0.211. The van der Waals surface area contributed by atoms with Gasteiger partial charge in [-0.25, -0.2) is 4.79 Å². The molecule has 0 heterocycles. The summed E-state index contributed by atoms with van der Waals surface area (Å²) in [6.07, 6.45) is 1.95. The number of nitrogens with zero attached hydrogens (tertiary/aromatic N) is 1. The van der Waals surface area contributed by atoms with E-state index in [0.717, 1.165) is 26.1 Å². The van der Waals surface area contributed by atoms with Gasteiger partial charge in [-0.3, -0.25) is 0 Å². The lowest BCUT2D eigenvalue weighted by Crippen LogP contribution is -2.38. The molecule has 0 bridgehead atoms. The number of ether oxygens (including phenoxy) is 1. The molecule has 0 aliphatic rings. The Balaban J connectivity index is 3.85. The number of carbonyl (C=O) groups excluding carboxylic acids is 1. The molecule has 4 nitrogen and oxygen atoms in total. The Morgan fingerprint density at radius 3 is 2.42 bits per heavy atom. The lowest BCUT2D eigenvalue weighted by atomic mass is 10.1. The Morgan fingerprint density at radius 1 is 1.32 bits per heavy atom. The molecule has 4 heteroatoms. The highest BCUT2D eigenvalue weighted by Gasteiger charge is 2.20. The van der Waals surface area contributed by atoms with E-state index in [0.29, 0.717) is 12.5 Å². The lowest BCUT2D eigenvalue weighted by Gasteiger charge is -2.26. The van der Waals surface area contributed by atoms with E-state index in [1.54, 1.807) is 4.90 Å². The van der Waals surface area contributed by atoms with Crippen LogP contribution in [0.1, 0.15) is 54.4 Å². The third-order valence-corrected chi connectivity index (χ3v) is 3.00. The fraction of sp³-hybridized carbons (Fsp3) is 0.933. The van der Waals surface area contributed by atoms with Crippen LogP contribution in [0.15, 0.2) is 0 Å². The van der Waals surface area contributed by atoms with Crippen molar-refractivity contribution < 1.29 is 9.53 Å². The first-order chi connectivity index (χ1) is 8.80. The molecular formula is C15H32N2O2. The Hall–Kier alpha value is -0.770. The molecule has 0 spiro atoms. The summed E-state index contributed by atoms with van der Waals surface area (Å²) in [4.78, 5) is 13.7. The first kappa shape index (κ1) is 18.2. The molecule has 0 saturated carbocycles. The van der Waals surface area contributed by atoms with Crippen LogP contribution < -0.4 is 5.32 Å². The fourth-order valence-electron chi connectivity index (χ4n) is 1.59. The number of carbonyl (C=O) groups is 1. The predicted octanol–water partition coefficient (Wildman–Crippen LogP) is 3.27. The monoisotopic (exact) mass is 272 g/mol. The van der Waals surface area contributed by atoms with Gasteiger partial charge >= 0.3 is 6.09 Å². The number of nitrogens with one attached hydrogen (secondary N) is 1. The SMILES string of the molecule is CCC(C)CNCCCN(CC)C(=O)OC(C)(C)C. The number of rotatable bonds is 8. The zero-order valence-electron chi connectivity index (χ0n) is 13.6. The van der Waals surface area contributed by atoms with Gasteiger partial charge in [-0.05, 0) is 53.1 Å². The van der Waals surface area contributed by atoms with E-state index in [2.05, 4.69) is 19.2 Å². The summed E-state index contributed by atoms with van der Waals surface area (Å²) in [5, 5.41) is 3.42. The Morgan fingerprint density at radius 2 is 1.95 bits per heavy atom. The van der Waals surface area contributed by atoms with Gasteiger partial charge in [0, 0.05) is 13.1 Å². The smallest absolute Gasteiger partial charge is 0.410 e. The molecule has 0 saturated heterocycles. The van der Waals surface area contributed by atoms with E-state index in [1.807, 2.05) is 27.7 Å². The normalized spacial score (nSPS) is 13.2. The summed E-state index contributed by atoms with van der Waals surface area (Å²) in [6.45, 7) is 15.6. The van der Waals surface area contributed by atoms with Crippen LogP contribution >= 0.6 is 0 Å². The summed E-state index contributed by atoms with van der Waals surface area (Å²) in [6, 6.07) is 0. The zero-order chi connectivity index (χ0) is 14.9. The van der Waals surface area contributed by atoms with Crippen LogP contribution in [-0.4, -0.2) is 42.8 Å². The summed E-state index contributed by atoms with van der Waals surface area (Å²) < 4.78 is 5.37. The minimum atomic E-state index is -0.417. The van der Waals surface area contributed by atoms with Crippen LogP contribution in [0.5, 0.6) is 0 Å². The number of hydrogen-bond donors (Lipinski definition) is 1. The van der Waals surface area contributed by atoms with Crippen molar-refractivity contribution in [2.75, 3.05) is 26.2 Å². The van der Waals surface area contributed by atoms with Crippen LogP contribution in [0.2, 0.25) is 0 Å². The highest BCUT2D eigenvalue weighted by atomic mass is 16.6. The molecule has 114 valence electrons. The van der Waals surface area contributed by atoms with Crippen LogP contribution in [0, 0.1) is 5.92 Å². The van der Waals surface area contributed by atoms with Crippen molar-refractivity contribution in [2.24, 2.45) is 5.92 Å². The number of hydrogen-bond acceptors (Lipinski definition) is 3. The van der Waals surface area contributed by atoms with Gasteiger partial charge in [0.05, 0.1) is 0 Å². The van der Waals surface area contributed by atoms with Crippen molar-refractivity contribution >= 4 is 6.09 Å². The molecule has 0 aromatic heterocycles. The molecule has 0 aromatic rings. The fourth-order valence-corrected chi connectivity index (χ4v) is 1.59. The molecule has 1 amide bonds. The van der Waals surface area contributed by atoms with E-state index in [1.165, 1.54) is 6.42 Å². The van der Waals surface area contributed by atoms with Gasteiger partial charge in [-0.15, -0.1) is 0 Å². The summed E-state index contributed by atoms with van der Waals surface area (Å²) >= 11 is 0. The van der Waals surface area contributed by atoms with E-state index < -0.39 is 5.60 Å². The predicted molar refractivity (Wildman–Crippen MR) is 80.4 cm³/mol. The van der Waals surface area contributed by atoms with Gasteiger partial charge in [-0.2, -0.15) is 0 Å². The molecule has 1 N–H and O–H groups in total. The Kier molecular flexibility index (Phi) is 8.81. The summed E-state index contributed by atoms with van der Waals surface area (Å²) in [5.41, 5.74) is -0.417. The van der Waals surface area contributed by atoms with Gasteiger partial charge in [0.15, 0.2) is 0 Å². The van der Waals surface area contributed by atoms with Crippen molar-refractivity contribution in [3.05, 3.63) is 0 Å². The van der Waals surface area contributed by atoms with Gasteiger partial charge in [0.2, 0.25) is 0 Å². The van der Waals surface area contributed by atoms with Crippen molar-refractivity contribution in [1.82, 2.24) is 10.2 Å². The minimum Gasteiger partial charge on any atom is -0.444 e. The highest BCUT2D eigenvalue weighted by molar-refractivity contribution is 5.68. The third-order valence-electron chi connectivity index (χ3n) is 3.00. The van der Waals surface area contributed by atoms with Crippen LogP contribution in [0.4, 0.5) is 4.79 Å². The van der Waals surface area contributed by atoms with E-state index in [4.69, 9.17) is 4.74 Å². The molecule has 0 radical (unpaired) electrons. The Labute approximate surface area is 118 Å². The molecule has 0 aliphatic carbocycles. The average molecular weight is 272 g/mol. The van der Waals surface area contributed by atoms with E-state index >= 15 is 0 Å². The van der Waals surface area contributed by atoms with Crippen LogP contribution in [0.25, 0.3) is 0 Å². The first-order valence-corrected chi connectivity index (χ1v) is 7.48. The summed E-state index contributed by atoms with van der Waals surface area (Å²) in [5.74, 6) is 0.716. The molecule has 0 aliphatic heterocycles. The first-order valence-electron chi connectivity index (χ1n) is 7.48. The quantitative estimate of drug-likeness (QED) is 0.690. The maximum Gasteiger partial charge on any atom is 0.410 e. The topological polar surface area (TPSA) is 41.6 Å². The second-order valence-corrected chi connectivity index (χ2v) is 6.13. The van der Waals surface area contributed by atoms with Gasteiger partial charge in [-0.1, -0.05) is 20.3 Å². The zero-order valence-corrected chi connectivity index (χ0v) is 13.6. The summed E-state index contributed by atoms with van der Waals surface area (Å²) in [7, 11) is 0. The van der Waals surface area contributed by atoms with Gasteiger partial charge in [0.25, 0.3) is 0 Å². The van der Waals surface area contributed by atoms with Crippen LogP contribution in [0.3, 0.4) is 0 Å². The maximum absolute atomic E-state index is 11.9. The van der Waals surface area contributed by atoms with Crippen molar-refractivity contribution in [3.63, 3.8) is 0 Å². The highest BCUT2D eigenvalue weighted by Crippen LogP contribution is 2.10. The number of amides is 1. The van der Waals surface area contributed by atoms with E-state index in [-0.39, 0.29) is 6.09 Å². The maximum atomic E-state index is 11.9. The molecule has 0 aromatic carbocycles. The molecule has 1 unspecified atom stereocenters. The second kappa shape index (κ2) is 9.18. The molecule has 0 fully saturated rings. The van der Waals surface area contributed by atoms with Crippen molar-refractivity contribution in [1.29, 1.82) is 0 Å². The molecular weight excluding hydrogens is 240 g/mol. The van der Waals surface area contributed by atoms with Crippen molar-refractivity contribution in [2.45, 2.75) is 60.0 Å². The van der Waals surface area contributed by atoms with Crippen molar-refractivity contribution in [3.8, 4) is 0 Å². The second-order valence-electron chi connectivity index (χ2n) is 6.13. The average Bonchev–Trinajstić information content (AvgIpc) is 2.30. The van der Waals surface area contributed by atoms with E-state index in [9.17, 15) is 4.79 Å². The molecule has 1 atom stereocenters. The Bertz CT molecular complexity index is 249. The molecule has 19 heavy (non-hydrogen) atoms. The molecule has 0 rings (SSSR count).